The van der Waals surface area contributed by atoms with Crippen LogP contribution in [0.2, 0.25) is 5.02 Å². The number of nitrogens with one attached hydrogen (secondary N) is 2. The molecule has 2 bridgehead atoms. The number of hydrogen-bond acceptors (Lipinski definition) is 3. The number of alkyl halides is 1. The van der Waals surface area contributed by atoms with E-state index in [1.807, 2.05) is 0 Å². The molecule has 2 amide bonds. The van der Waals surface area contributed by atoms with E-state index < -0.39 is 12.0 Å². The van der Waals surface area contributed by atoms with E-state index in [2.05, 4.69) is 10.6 Å². The Balaban J connectivity index is 1.17. The Morgan fingerprint density at radius 3 is 2.61 bits per heavy atom. The first-order chi connectivity index (χ1) is 14.8. The van der Waals surface area contributed by atoms with Gasteiger partial charge >= 0.3 is 0 Å². The Morgan fingerprint density at radius 2 is 1.90 bits per heavy atom. The monoisotopic (exact) mass is 454 g/mol. The molecule has 4 aliphatic carbocycles. The molecular weight excluding hydrogens is 426 g/mol. The van der Waals surface area contributed by atoms with Gasteiger partial charge in [-0.2, -0.15) is 0 Å². The molecule has 1 aromatic rings. The Hall–Kier alpha value is -1.89. The predicted molar refractivity (Wildman–Crippen MR) is 113 cm³/mol. The average Bonchev–Trinajstić information content (AvgIpc) is 3.25. The molecule has 5 rings (SSSR count). The number of benzene rings is 1. The van der Waals surface area contributed by atoms with Gasteiger partial charge in [-0.05, 0) is 75.3 Å². The molecule has 0 aromatic heterocycles. The number of hydrogen-bond donors (Lipinski definition) is 2. The van der Waals surface area contributed by atoms with Gasteiger partial charge in [0.2, 0.25) is 5.91 Å². The van der Waals surface area contributed by atoms with Crippen LogP contribution in [0.1, 0.15) is 51.4 Å². The molecule has 4 fully saturated rings. The minimum absolute atomic E-state index is 0.00162. The maximum atomic E-state index is 13.5. The summed E-state index contributed by atoms with van der Waals surface area (Å²) in [4.78, 5) is 25.0. The number of carbonyl (C=O) groups is 2. The van der Waals surface area contributed by atoms with E-state index in [1.165, 1.54) is 12.1 Å². The quantitative estimate of drug-likeness (QED) is 0.619. The van der Waals surface area contributed by atoms with Crippen molar-refractivity contribution in [3.05, 3.63) is 29.0 Å². The minimum atomic E-state index is -0.653. The van der Waals surface area contributed by atoms with Crippen molar-refractivity contribution < 1.29 is 23.1 Å². The maximum Gasteiger partial charge on any atom is 0.258 e. The van der Waals surface area contributed by atoms with Gasteiger partial charge in [0.25, 0.3) is 5.91 Å². The van der Waals surface area contributed by atoms with Crippen LogP contribution < -0.4 is 15.4 Å². The fraction of sp³-hybridized carbons (Fsp3) is 0.652. The number of carbonyl (C=O) groups excluding carboxylic acids is 2. The fourth-order valence-electron chi connectivity index (χ4n) is 5.38. The SMILES string of the molecule is O=C(COc1ccc(Cl)c(F)c1)N[C@H]1CC2(C(=O)NCCC3CCC(F)CC3)CC1C2. The lowest BCUT2D eigenvalue weighted by Crippen LogP contribution is -2.45. The van der Waals surface area contributed by atoms with E-state index in [1.54, 1.807) is 0 Å². The first-order valence-corrected chi connectivity index (χ1v) is 11.5. The Morgan fingerprint density at radius 1 is 1.16 bits per heavy atom. The summed E-state index contributed by atoms with van der Waals surface area (Å²) in [6.07, 6.45) is 5.56. The summed E-state index contributed by atoms with van der Waals surface area (Å²) in [5.74, 6) is 0.244. The fourth-order valence-corrected chi connectivity index (χ4v) is 5.50. The molecule has 31 heavy (non-hydrogen) atoms. The van der Waals surface area contributed by atoms with Crippen LogP contribution in [0.15, 0.2) is 18.2 Å². The van der Waals surface area contributed by atoms with Crippen molar-refractivity contribution in [3.63, 3.8) is 0 Å². The van der Waals surface area contributed by atoms with Crippen LogP contribution >= 0.6 is 11.6 Å². The van der Waals surface area contributed by atoms with Crippen molar-refractivity contribution in [2.75, 3.05) is 13.2 Å². The zero-order chi connectivity index (χ0) is 22.0. The second-order valence-corrected chi connectivity index (χ2v) is 9.76. The second-order valence-electron chi connectivity index (χ2n) is 9.35. The third kappa shape index (κ3) is 5.13. The van der Waals surface area contributed by atoms with Crippen LogP contribution in [0, 0.1) is 23.1 Å². The van der Waals surface area contributed by atoms with Crippen molar-refractivity contribution in [1.29, 1.82) is 0 Å². The summed E-state index contributed by atoms with van der Waals surface area (Å²) < 4.78 is 32.0. The van der Waals surface area contributed by atoms with Gasteiger partial charge in [-0.1, -0.05) is 11.6 Å². The summed E-state index contributed by atoms with van der Waals surface area (Å²) >= 11 is 5.64. The maximum absolute atomic E-state index is 13.5. The molecule has 0 radical (unpaired) electrons. The average molecular weight is 455 g/mol. The first-order valence-electron chi connectivity index (χ1n) is 11.1. The minimum Gasteiger partial charge on any atom is -0.484 e. The molecule has 0 heterocycles. The van der Waals surface area contributed by atoms with Crippen LogP contribution in [0.5, 0.6) is 5.75 Å². The Labute approximate surface area is 186 Å². The van der Waals surface area contributed by atoms with Gasteiger partial charge in [0, 0.05) is 18.7 Å². The third-order valence-electron chi connectivity index (χ3n) is 7.19. The zero-order valence-corrected chi connectivity index (χ0v) is 18.2. The predicted octanol–water partition coefficient (Wildman–Crippen LogP) is 4.18. The largest absolute Gasteiger partial charge is 0.484 e. The van der Waals surface area contributed by atoms with Gasteiger partial charge in [-0.15, -0.1) is 0 Å². The van der Waals surface area contributed by atoms with Gasteiger partial charge in [0.05, 0.1) is 10.4 Å². The van der Waals surface area contributed by atoms with Gasteiger partial charge in [0.1, 0.15) is 17.7 Å². The summed E-state index contributed by atoms with van der Waals surface area (Å²) in [7, 11) is 0. The highest BCUT2D eigenvalue weighted by molar-refractivity contribution is 6.30. The van der Waals surface area contributed by atoms with Gasteiger partial charge < -0.3 is 15.4 Å². The van der Waals surface area contributed by atoms with Gasteiger partial charge in [0.15, 0.2) is 6.61 Å². The van der Waals surface area contributed by atoms with Crippen molar-refractivity contribution in [2.45, 2.75) is 63.6 Å². The van der Waals surface area contributed by atoms with Crippen LogP contribution in [0.3, 0.4) is 0 Å². The topological polar surface area (TPSA) is 67.4 Å². The number of rotatable bonds is 8. The molecule has 1 atom stereocenters. The highest BCUT2D eigenvalue weighted by Crippen LogP contribution is 2.58. The van der Waals surface area contributed by atoms with E-state index in [9.17, 15) is 18.4 Å². The van der Waals surface area contributed by atoms with Crippen LogP contribution in [-0.2, 0) is 9.59 Å². The summed E-state index contributed by atoms with van der Waals surface area (Å²) in [5, 5.41) is 6.03. The van der Waals surface area contributed by atoms with Crippen molar-refractivity contribution in [1.82, 2.24) is 10.6 Å². The molecule has 4 aliphatic rings. The molecule has 1 aromatic carbocycles. The lowest BCUT2D eigenvalue weighted by molar-refractivity contribution is -0.134. The smallest absolute Gasteiger partial charge is 0.258 e. The van der Waals surface area contributed by atoms with Crippen LogP contribution in [0.25, 0.3) is 0 Å². The normalized spacial score (nSPS) is 31.6. The molecule has 5 nitrogen and oxygen atoms in total. The van der Waals surface area contributed by atoms with E-state index in [0.29, 0.717) is 37.6 Å². The third-order valence-corrected chi connectivity index (χ3v) is 7.50. The number of amides is 2. The number of halogens is 3. The number of fused-ring (bicyclic) bond motifs is 1. The number of ether oxygens (including phenoxy) is 1. The highest BCUT2D eigenvalue weighted by Gasteiger charge is 2.60. The Kier molecular flexibility index (Phi) is 6.70. The van der Waals surface area contributed by atoms with E-state index in [-0.39, 0.29) is 40.7 Å². The van der Waals surface area contributed by atoms with E-state index in [0.717, 1.165) is 38.2 Å². The highest BCUT2D eigenvalue weighted by atomic mass is 35.5. The molecule has 2 N–H and O–H groups in total. The molecular formula is C23H29ClF2N2O3. The van der Waals surface area contributed by atoms with E-state index in [4.69, 9.17) is 16.3 Å². The standard InChI is InChI=1S/C23H29ClF2N2O3/c24-18-6-5-17(9-19(18)26)31-13-21(29)28-20-12-23(10-15(20)11-23)22(30)27-8-7-14-1-3-16(25)4-2-14/h5-6,9,14-16,20H,1-4,7-8,10-13H2,(H,27,30)(H,28,29)/t14?,15?,16?,20-,23?/m0/s1. The lowest BCUT2D eigenvalue weighted by Gasteiger charge is -2.37. The molecule has 0 spiro atoms. The van der Waals surface area contributed by atoms with Crippen molar-refractivity contribution >= 4 is 23.4 Å². The lowest BCUT2D eigenvalue weighted by atomic mass is 9.69. The summed E-state index contributed by atoms with van der Waals surface area (Å²) in [6, 6.07) is 3.99. The molecule has 8 heteroatoms. The first kappa shape index (κ1) is 22.3. The van der Waals surface area contributed by atoms with Crippen molar-refractivity contribution in [2.24, 2.45) is 17.3 Å². The molecule has 0 unspecified atom stereocenters. The van der Waals surface area contributed by atoms with E-state index >= 15 is 0 Å². The van der Waals surface area contributed by atoms with Crippen LogP contribution in [-0.4, -0.2) is 37.2 Å². The zero-order valence-electron chi connectivity index (χ0n) is 17.5. The second kappa shape index (κ2) is 9.31. The molecule has 0 aliphatic heterocycles. The van der Waals surface area contributed by atoms with Crippen molar-refractivity contribution in [3.8, 4) is 5.75 Å². The molecule has 4 saturated carbocycles. The Bertz CT molecular complexity index is 823. The molecule has 170 valence electrons. The molecule has 0 saturated heterocycles. The summed E-state index contributed by atoms with van der Waals surface area (Å²) in [6.45, 7) is 0.417. The van der Waals surface area contributed by atoms with Crippen LogP contribution in [0.4, 0.5) is 8.78 Å². The van der Waals surface area contributed by atoms with Gasteiger partial charge in [-0.25, -0.2) is 8.78 Å². The summed E-state index contributed by atoms with van der Waals surface area (Å²) in [5.41, 5.74) is -0.376. The van der Waals surface area contributed by atoms with Gasteiger partial charge in [-0.3, -0.25) is 9.59 Å².